The van der Waals surface area contributed by atoms with E-state index in [1.54, 1.807) is 12.1 Å². The lowest BCUT2D eigenvalue weighted by atomic mass is 9.89. The number of benzene rings is 2. The van der Waals surface area contributed by atoms with Crippen molar-refractivity contribution in [2.45, 2.75) is 52.7 Å². The lowest BCUT2D eigenvalue weighted by Gasteiger charge is -2.38. The summed E-state index contributed by atoms with van der Waals surface area (Å²) >= 11 is 0. The Morgan fingerprint density at radius 1 is 1.20 bits per heavy atom. The maximum Gasteiger partial charge on any atom is 0.241 e. The smallest absolute Gasteiger partial charge is 0.241 e. The lowest BCUT2D eigenvalue weighted by Crippen LogP contribution is -2.45. The predicted octanol–water partition coefficient (Wildman–Crippen LogP) is 3.80. The molecule has 0 saturated carbocycles. The molecular formula is C23H30N2O4S. The summed E-state index contributed by atoms with van der Waals surface area (Å²) in [6.45, 7) is 9.46. The van der Waals surface area contributed by atoms with Crippen LogP contribution >= 0.6 is 0 Å². The van der Waals surface area contributed by atoms with Gasteiger partial charge in [-0.15, -0.1) is 0 Å². The van der Waals surface area contributed by atoms with Crippen molar-refractivity contribution in [1.29, 1.82) is 0 Å². The first-order chi connectivity index (χ1) is 13.9. The molecule has 1 aliphatic heterocycles. The first kappa shape index (κ1) is 22.2. The van der Waals surface area contributed by atoms with E-state index in [4.69, 9.17) is 4.74 Å². The quantitative estimate of drug-likeness (QED) is 0.783. The van der Waals surface area contributed by atoms with Crippen LogP contribution in [0.2, 0.25) is 0 Å². The Hall–Kier alpha value is -2.54. The second-order valence-electron chi connectivity index (χ2n) is 8.72. The SMILES string of the molecule is Cc1ccc2c(c1)[C@H](NC(=O)CN(c1cccc(C)c1C)S(C)(=O)=O)CC(C)(C)O2. The Labute approximate surface area is 179 Å². The van der Waals surface area contributed by atoms with E-state index in [9.17, 15) is 13.2 Å². The highest BCUT2D eigenvalue weighted by atomic mass is 32.2. The minimum absolute atomic E-state index is 0.254. The zero-order chi connectivity index (χ0) is 22.3. The van der Waals surface area contributed by atoms with Gasteiger partial charge < -0.3 is 10.1 Å². The Morgan fingerprint density at radius 3 is 2.57 bits per heavy atom. The number of hydrogen-bond acceptors (Lipinski definition) is 4. The molecule has 0 fully saturated rings. The fourth-order valence-corrected chi connectivity index (χ4v) is 4.77. The van der Waals surface area contributed by atoms with E-state index in [-0.39, 0.29) is 18.5 Å². The van der Waals surface area contributed by atoms with E-state index in [1.165, 1.54) is 4.31 Å². The second-order valence-corrected chi connectivity index (χ2v) is 10.6. The van der Waals surface area contributed by atoms with Crippen molar-refractivity contribution in [3.63, 3.8) is 0 Å². The molecule has 2 aromatic carbocycles. The fourth-order valence-electron chi connectivity index (χ4n) is 3.86. The van der Waals surface area contributed by atoms with E-state index >= 15 is 0 Å². The summed E-state index contributed by atoms with van der Waals surface area (Å²) < 4.78 is 32.2. The lowest BCUT2D eigenvalue weighted by molar-refractivity contribution is -0.120. The molecule has 1 aliphatic rings. The molecule has 0 spiro atoms. The molecule has 1 heterocycles. The minimum atomic E-state index is -3.64. The van der Waals surface area contributed by atoms with Gasteiger partial charge in [0.25, 0.3) is 0 Å². The fraction of sp³-hybridized carbons (Fsp3) is 0.435. The normalized spacial score (nSPS) is 17.6. The number of fused-ring (bicyclic) bond motifs is 1. The molecule has 1 atom stereocenters. The van der Waals surface area contributed by atoms with E-state index in [1.807, 2.05) is 58.9 Å². The van der Waals surface area contributed by atoms with E-state index in [0.717, 1.165) is 34.3 Å². The Kier molecular flexibility index (Phi) is 5.87. The number of carbonyl (C=O) groups is 1. The summed E-state index contributed by atoms with van der Waals surface area (Å²) in [5.41, 5.74) is 3.88. The van der Waals surface area contributed by atoms with Gasteiger partial charge in [0.2, 0.25) is 15.9 Å². The van der Waals surface area contributed by atoms with Gasteiger partial charge in [0.1, 0.15) is 17.9 Å². The second kappa shape index (κ2) is 7.95. The van der Waals surface area contributed by atoms with Crippen LogP contribution < -0.4 is 14.4 Å². The average molecular weight is 431 g/mol. The number of nitrogens with one attached hydrogen (secondary N) is 1. The standard InChI is InChI=1S/C23H30N2O4S/c1-15-10-11-21-18(12-15)19(13-23(4,5)29-21)24-22(26)14-25(30(6,27)28)20-9-7-8-16(2)17(20)3/h7-12,19H,13-14H2,1-6H3,(H,24,26)/t19-/m1/s1. The summed E-state index contributed by atoms with van der Waals surface area (Å²) in [4.78, 5) is 13.0. The van der Waals surface area contributed by atoms with E-state index in [2.05, 4.69) is 5.32 Å². The van der Waals surface area contributed by atoms with Gasteiger partial charge in [-0.3, -0.25) is 9.10 Å². The molecule has 0 unspecified atom stereocenters. The minimum Gasteiger partial charge on any atom is -0.487 e. The molecule has 0 bridgehead atoms. The zero-order valence-corrected chi connectivity index (χ0v) is 19.3. The monoisotopic (exact) mass is 430 g/mol. The molecule has 0 saturated heterocycles. The van der Waals surface area contributed by atoms with Crippen LogP contribution in [0.25, 0.3) is 0 Å². The van der Waals surface area contributed by atoms with Gasteiger partial charge in [-0.05, 0) is 57.9 Å². The molecule has 7 heteroatoms. The van der Waals surface area contributed by atoms with Crippen LogP contribution in [0.15, 0.2) is 36.4 Å². The molecular weight excluding hydrogens is 400 g/mol. The zero-order valence-electron chi connectivity index (χ0n) is 18.4. The number of sulfonamides is 1. The predicted molar refractivity (Wildman–Crippen MR) is 119 cm³/mol. The van der Waals surface area contributed by atoms with Crippen LogP contribution in [0, 0.1) is 20.8 Å². The summed E-state index contributed by atoms with van der Waals surface area (Å²) in [6.07, 6.45) is 1.72. The number of hydrogen-bond donors (Lipinski definition) is 1. The number of ether oxygens (including phenoxy) is 1. The highest BCUT2D eigenvalue weighted by molar-refractivity contribution is 7.92. The van der Waals surface area contributed by atoms with Crippen molar-refractivity contribution >= 4 is 21.6 Å². The van der Waals surface area contributed by atoms with Crippen molar-refractivity contribution in [2.75, 3.05) is 17.1 Å². The van der Waals surface area contributed by atoms with Gasteiger partial charge in [-0.25, -0.2) is 8.42 Å². The highest BCUT2D eigenvalue weighted by Crippen LogP contribution is 2.39. The van der Waals surface area contributed by atoms with Gasteiger partial charge in [-0.1, -0.05) is 29.8 Å². The highest BCUT2D eigenvalue weighted by Gasteiger charge is 2.35. The molecule has 2 aromatic rings. The van der Waals surface area contributed by atoms with Crippen molar-refractivity contribution < 1.29 is 17.9 Å². The Balaban J connectivity index is 1.88. The van der Waals surface area contributed by atoms with Gasteiger partial charge in [0, 0.05) is 12.0 Å². The van der Waals surface area contributed by atoms with Crippen molar-refractivity contribution in [3.8, 4) is 5.75 Å². The molecule has 3 rings (SSSR count). The number of amides is 1. The number of rotatable bonds is 5. The summed E-state index contributed by atoms with van der Waals surface area (Å²) in [5.74, 6) is 0.396. The maximum atomic E-state index is 13.0. The first-order valence-electron chi connectivity index (χ1n) is 10.0. The molecule has 0 radical (unpaired) electrons. The van der Waals surface area contributed by atoms with Crippen LogP contribution in [0.5, 0.6) is 5.75 Å². The number of nitrogens with zero attached hydrogens (tertiary/aromatic N) is 1. The number of anilines is 1. The Bertz CT molecular complexity index is 1080. The van der Waals surface area contributed by atoms with Crippen LogP contribution in [-0.2, 0) is 14.8 Å². The van der Waals surface area contributed by atoms with Crippen molar-refractivity contribution in [3.05, 3.63) is 58.7 Å². The maximum absolute atomic E-state index is 13.0. The van der Waals surface area contributed by atoms with Gasteiger partial charge in [-0.2, -0.15) is 0 Å². The van der Waals surface area contributed by atoms with Crippen LogP contribution in [0.3, 0.4) is 0 Å². The third-order valence-electron chi connectivity index (χ3n) is 5.49. The Morgan fingerprint density at radius 2 is 1.90 bits per heavy atom. The van der Waals surface area contributed by atoms with Crippen molar-refractivity contribution in [1.82, 2.24) is 5.32 Å². The van der Waals surface area contributed by atoms with Gasteiger partial charge >= 0.3 is 0 Å². The van der Waals surface area contributed by atoms with Crippen LogP contribution in [-0.4, -0.2) is 32.7 Å². The van der Waals surface area contributed by atoms with Gasteiger partial charge in [0.15, 0.2) is 0 Å². The molecule has 1 amide bonds. The third kappa shape index (κ3) is 4.78. The molecule has 0 aromatic heterocycles. The first-order valence-corrected chi connectivity index (χ1v) is 11.8. The molecule has 1 N–H and O–H groups in total. The van der Waals surface area contributed by atoms with Crippen molar-refractivity contribution in [2.24, 2.45) is 0 Å². The van der Waals surface area contributed by atoms with Gasteiger partial charge in [0.05, 0.1) is 18.0 Å². The molecule has 162 valence electrons. The van der Waals surface area contributed by atoms with Crippen LogP contribution in [0.4, 0.5) is 5.69 Å². The average Bonchev–Trinajstić information content (AvgIpc) is 2.61. The van der Waals surface area contributed by atoms with E-state index in [0.29, 0.717) is 12.1 Å². The van der Waals surface area contributed by atoms with Crippen LogP contribution in [0.1, 0.15) is 48.6 Å². The summed E-state index contributed by atoms with van der Waals surface area (Å²) in [7, 11) is -3.64. The molecule has 6 nitrogen and oxygen atoms in total. The molecule has 30 heavy (non-hydrogen) atoms. The topological polar surface area (TPSA) is 75.7 Å². The summed E-state index contributed by atoms with van der Waals surface area (Å²) in [5, 5.41) is 3.04. The number of aryl methyl sites for hydroxylation is 2. The number of carbonyl (C=O) groups excluding carboxylic acids is 1. The largest absolute Gasteiger partial charge is 0.487 e. The van der Waals surface area contributed by atoms with E-state index < -0.39 is 15.6 Å². The summed E-state index contributed by atoms with van der Waals surface area (Å²) in [6, 6.07) is 11.1. The molecule has 0 aliphatic carbocycles. The third-order valence-corrected chi connectivity index (χ3v) is 6.62.